The molecule has 1 atom stereocenters. The van der Waals surface area contributed by atoms with Crippen LogP contribution in [0.15, 0.2) is 72.1 Å². The SMILES string of the molecule is O=C(c1cccs1)N1CCSC1c1ccccc1OCc1ccccc1. The average molecular weight is 382 g/mol. The first kappa shape index (κ1) is 17.2. The van der Waals surface area contributed by atoms with E-state index in [-0.39, 0.29) is 11.3 Å². The molecule has 3 aromatic rings. The van der Waals surface area contributed by atoms with Gasteiger partial charge >= 0.3 is 0 Å². The van der Waals surface area contributed by atoms with E-state index in [1.54, 1.807) is 11.8 Å². The summed E-state index contributed by atoms with van der Waals surface area (Å²) >= 11 is 3.29. The largest absolute Gasteiger partial charge is 0.489 e. The molecule has 2 heterocycles. The second kappa shape index (κ2) is 7.98. The third-order valence-electron chi connectivity index (χ3n) is 4.31. The van der Waals surface area contributed by atoms with E-state index >= 15 is 0 Å². The van der Waals surface area contributed by atoms with Crippen LogP contribution in [0.25, 0.3) is 0 Å². The van der Waals surface area contributed by atoms with Gasteiger partial charge in [0.15, 0.2) is 0 Å². The summed E-state index contributed by atoms with van der Waals surface area (Å²) in [6.45, 7) is 1.28. The van der Waals surface area contributed by atoms with Gasteiger partial charge < -0.3 is 9.64 Å². The molecule has 0 radical (unpaired) electrons. The van der Waals surface area contributed by atoms with E-state index in [0.717, 1.165) is 34.1 Å². The first-order valence-corrected chi connectivity index (χ1v) is 10.5. The Morgan fingerprint density at radius 3 is 2.65 bits per heavy atom. The number of hydrogen-bond acceptors (Lipinski definition) is 4. The second-order valence-electron chi connectivity index (χ2n) is 6.01. The first-order chi connectivity index (χ1) is 12.8. The van der Waals surface area contributed by atoms with Gasteiger partial charge in [0.25, 0.3) is 5.91 Å². The first-order valence-electron chi connectivity index (χ1n) is 8.54. The van der Waals surface area contributed by atoms with Crippen molar-refractivity contribution in [2.75, 3.05) is 12.3 Å². The molecule has 1 fully saturated rings. The molecule has 1 aromatic heterocycles. The van der Waals surface area contributed by atoms with Crippen LogP contribution >= 0.6 is 23.1 Å². The van der Waals surface area contributed by atoms with Crippen LogP contribution in [-0.4, -0.2) is 23.1 Å². The third kappa shape index (κ3) is 3.64. The van der Waals surface area contributed by atoms with E-state index in [9.17, 15) is 4.79 Å². The minimum atomic E-state index is -0.00317. The molecule has 0 aliphatic carbocycles. The molecule has 132 valence electrons. The van der Waals surface area contributed by atoms with Crippen LogP contribution in [0.4, 0.5) is 0 Å². The fourth-order valence-electron chi connectivity index (χ4n) is 3.03. The Bertz CT molecular complexity index is 865. The zero-order valence-corrected chi connectivity index (χ0v) is 15.8. The highest BCUT2D eigenvalue weighted by atomic mass is 32.2. The molecule has 0 N–H and O–H groups in total. The average Bonchev–Trinajstić information content (AvgIpc) is 3.39. The van der Waals surface area contributed by atoms with Crippen LogP contribution in [0.2, 0.25) is 0 Å². The minimum Gasteiger partial charge on any atom is -0.489 e. The quantitative estimate of drug-likeness (QED) is 0.607. The number of hydrogen-bond donors (Lipinski definition) is 0. The Labute approximate surface area is 161 Å². The Morgan fingerprint density at radius 1 is 1.04 bits per heavy atom. The van der Waals surface area contributed by atoms with Crippen LogP contribution in [-0.2, 0) is 6.61 Å². The highest BCUT2D eigenvalue weighted by Gasteiger charge is 2.33. The molecular formula is C21H19NO2S2. The number of para-hydroxylation sites is 1. The Kier molecular flexibility index (Phi) is 5.27. The highest BCUT2D eigenvalue weighted by molar-refractivity contribution is 7.99. The number of carbonyl (C=O) groups is 1. The number of carbonyl (C=O) groups excluding carboxylic acids is 1. The van der Waals surface area contributed by atoms with Crippen molar-refractivity contribution in [1.29, 1.82) is 0 Å². The van der Waals surface area contributed by atoms with Crippen molar-refractivity contribution in [3.63, 3.8) is 0 Å². The molecule has 1 amide bonds. The van der Waals surface area contributed by atoms with Gasteiger partial charge in [-0.2, -0.15) is 0 Å². The number of thiophene rings is 1. The number of amides is 1. The molecule has 0 bridgehead atoms. The standard InChI is InChI=1S/C21H19NO2S2/c23-20(19-11-6-13-25-19)22-12-14-26-21(22)17-9-4-5-10-18(17)24-15-16-7-2-1-3-8-16/h1-11,13,21H,12,14-15H2. The Balaban J connectivity index is 1.56. The predicted octanol–water partition coefficient (Wildman–Crippen LogP) is 5.21. The summed E-state index contributed by atoms with van der Waals surface area (Å²) in [5.41, 5.74) is 2.20. The molecule has 2 aromatic carbocycles. The van der Waals surface area contributed by atoms with Crippen LogP contribution in [0.3, 0.4) is 0 Å². The number of benzene rings is 2. The van der Waals surface area contributed by atoms with Crippen molar-refractivity contribution >= 4 is 29.0 Å². The zero-order valence-electron chi connectivity index (χ0n) is 14.2. The van der Waals surface area contributed by atoms with Crippen molar-refractivity contribution in [3.05, 3.63) is 88.1 Å². The van der Waals surface area contributed by atoms with E-state index in [2.05, 4.69) is 18.2 Å². The van der Waals surface area contributed by atoms with Crippen molar-refractivity contribution < 1.29 is 9.53 Å². The number of ether oxygens (including phenoxy) is 1. The van der Waals surface area contributed by atoms with Crippen molar-refractivity contribution in [1.82, 2.24) is 4.90 Å². The molecular weight excluding hydrogens is 362 g/mol. The zero-order chi connectivity index (χ0) is 17.8. The molecule has 3 nitrogen and oxygen atoms in total. The van der Waals surface area contributed by atoms with E-state index < -0.39 is 0 Å². The minimum absolute atomic E-state index is 0.00317. The molecule has 0 saturated carbocycles. The maximum Gasteiger partial charge on any atom is 0.265 e. The van der Waals surface area contributed by atoms with Gasteiger partial charge in [0.1, 0.15) is 17.7 Å². The second-order valence-corrected chi connectivity index (χ2v) is 8.15. The fourth-order valence-corrected chi connectivity index (χ4v) is 4.99. The maximum absolute atomic E-state index is 12.9. The van der Waals surface area contributed by atoms with Gasteiger partial charge in [-0.1, -0.05) is 54.6 Å². The lowest BCUT2D eigenvalue weighted by molar-refractivity contribution is 0.0763. The lowest BCUT2D eigenvalue weighted by atomic mass is 10.1. The van der Waals surface area contributed by atoms with Crippen LogP contribution in [0.5, 0.6) is 5.75 Å². The summed E-state index contributed by atoms with van der Waals surface area (Å²) in [6, 6.07) is 22.0. The van der Waals surface area contributed by atoms with Gasteiger partial charge in [-0.15, -0.1) is 23.1 Å². The van der Waals surface area contributed by atoms with Gasteiger partial charge in [0.2, 0.25) is 0 Å². The van der Waals surface area contributed by atoms with Gasteiger partial charge in [0, 0.05) is 17.9 Å². The summed E-state index contributed by atoms with van der Waals surface area (Å²) < 4.78 is 6.11. The Morgan fingerprint density at radius 2 is 1.85 bits per heavy atom. The molecule has 1 aliphatic rings. The normalized spacial score (nSPS) is 16.6. The van der Waals surface area contributed by atoms with E-state index in [1.165, 1.54) is 11.3 Å². The van der Waals surface area contributed by atoms with E-state index in [1.807, 2.05) is 58.8 Å². The fraction of sp³-hybridized carbons (Fsp3) is 0.190. The number of thioether (sulfide) groups is 1. The summed E-state index contributed by atoms with van der Waals surface area (Å²) in [5.74, 6) is 1.89. The van der Waals surface area contributed by atoms with Crippen LogP contribution in [0.1, 0.15) is 26.2 Å². The molecule has 4 rings (SSSR count). The van der Waals surface area contributed by atoms with E-state index in [0.29, 0.717) is 6.61 Å². The summed E-state index contributed by atoms with van der Waals surface area (Å²) in [4.78, 5) is 15.6. The van der Waals surface area contributed by atoms with Gasteiger partial charge in [-0.25, -0.2) is 0 Å². The molecule has 0 spiro atoms. The number of rotatable bonds is 5. The van der Waals surface area contributed by atoms with Crippen LogP contribution < -0.4 is 4.74 Å². The molecule has 1 aliphatic heterocycles. The van der Waals surface area contributed by atoms with E-state index in [4.69, 9.17) is 4.74 Å². The van der Waals surface area contributed by atoms with Crippen molar-refractivity contribution in [3.8, 4) is 5.75 Å². The topological polar surface area (TPSA) is 29.5 Å². The summed E-state index contributed by atoms with van der Waals surface area (Å²) in [5, 5.41) is 1.94. The predicted molar refractivity (Wildman–Crippen MR) is 108 cm³/mol. The molecule has 1 saturated heterocycles. The van der Waals surface area contributed by atoms with Gasteiger partial charge in [0.05, 0.1) is 4.88 Å². The monoisotopic (exact) mass is 381 g/mol. The lowest BCUT2D eigenvalue weighted by Crippen LogP contribution is -2.30. The summed E-state index contributed by atoms with van der Waals surface area (Å²) in [6.07, 6.45) is 0. The van der Waals surface area contributed by atoms with Crippen LogP contribution in [0, 0.1) is 0 Å². The highest BCUT2D eigenvalue weighted by Crippen LogP contribution is 2.42. The third-order valence-corrected chi connectivity index (χ3v) is 6.41. The molecule has 1 unspecified atom stereocenters. The Hall–Kier alpha value is -2.24. The van der Waals surface area contributed by atoms with Gasteiger partial charge in [-0.3, -0.25) is 4.79 Å². The molecule has 26 heavy (non-hydrogen) atoms. The van der Waals surface area contributed by atoms with Gasteiger partial charge in [-0.05, 0) is 23.1 Å². The maximum atomic E-state index is 12.9. The lowest BCUT2D eigenvalue weighted by Gasteiger charge is -2.25. The smallest absolute Gasteiger partial charge is 0.265 e. The van der Waals surface area contributed by atoms with Crippen molar-refractivity contribution in [2.24, 2.45) is 0 Å². The summed E-state index contributed by atoms with van der Waals surface area (Å²) in [7, 11) is 0. The number of nitrogens with zero attached hydrogens (tertiary/aromatic N) is 1. The molecule has 5 heteroatoms. The van der Waals surface area contributed by atoms with Crippen molar-refractivity contribution in [2.45, 2.75) is 12.0 Å².